The van der Waals surface area contributed by atoms with E-state index in [1.165, 1.54) is 11.3 Å². The van der Waals surface area contributed by atoms with E-state index in [0.29, 0.717) is 30.4 Å². The molecular weight excluding hydrogens is 478 g/mol. The number of esters is 1. The third-order valence-electron chi connectivity index (χ3n) is 5.56. The molecule has 0 spiro atoms. The van der Waals surface area contributed by atoms with Crippen LogP contribution in [0.5, 0.6) is 0 Å². The summed E-state index contributed by atoms with van der Waals surface area (Å²) in [5.74, 6) is -2.83. The van der Waals surface area contributed by atoms with Gasteiger partial charge in [0.25, 0.3) is 5.91 Å². The second-order valence-corrected chi connectivity index (χ2v) is 12.1. The number of aryl methyl sites for hydroxylation is 1. The van der Waals surface area contributed by atoms with Crippen LogP contribution in [0.25, 0.3) is 10.2 Å². The van der Waals surface area contributed by atoms with Crippen molar-refractivity contribution in [2.75, 3.05) is 31.2 Å². The summed E-state index contributed by atoms with van der Waals surface area (Å²) < 4.78 is 32.6. The number of likely N-dealkylation sites (tertiary alicyclic amines) is 1. The second-order valence-electron chi connectivity index (χ2n) is 9.03. The molecule has 2 amide bonds. The van der Waals surface area contributed by atoms with Crippen molar-refractivity contribution in [3.8, 4) is 0 Å². The molecule has 0 aliphatic carbocycles. The second kappa shape index (κ2) is 10.8. The van der Waals surface area contributed by atoms with Crippen molar-refractivity contribution in [2.45, 2.75) is 40.7 Å². The highest BCUT2D eigenvalue weighted by Crippen LogP contribution is 2.21. The molecule has 0 bridgehead atoms. The summed E-state index contributed by atoms with van der Waals surface area (Å²) in [4.78, 5) is 43.1. The van der Waals surface area contributed by atoms with Gasteiger partial charge in [0.1, 0.15) is 18.1 Å². The molecule has 0 saturated carbocycles. The van der Waals surface area contributed by atoms with E-state index in [2.05, 4.69) is 4.99 Å². The number of aromatic nitrogens is 1. The van der Waals surface area contributed by atoms with Crippen LogP contribution >= 0.6 is 11.3 Å². The first kappa shape index (κ1) is 26.1. The highest BCUT2D eigenvalue weighted by Gasteiger charge is 2.29. The third kappa shape index (κ3) is 6.75. The van der Waals surface area contributed by atoms with Gasteiger partial charge in [-0.15, -0.1) is 0 Å². The minimum absolute atomic E-state index is 0.153. The van der Waals surface area contributed by atoms with E-state index in [1.54, 1.807) is 16.4 Å². The van der Waals surface area contributed by atoms with E-state index in [1.807, 2.05) is 39.0 Å². The summed E-state index contributed by atoms with van der Waals surface area (Å²) in [7, 11) is -4.00. The first-order valence-corrected chi connectivity index (χ1v) is 13.9. The molecule has 3 rings (SSSR count). The van der Waals surface area contributed by atoms with Gasteiger partial charge in [-0.2, -0.15) is 4.99 Å². The number of piperidine rings is 1. The molecule has 0 N–H and O–H groups in total. The summed E-state index contributed by atoms with van der Waals surface area (Å²) >= 11 is 1.19. The van der Waals surface area contributed by atoms with Gasteiger partial charge >= 0.3 is 5.97 Å². The number of rotatable bonds is 7. The molecule has 11 heteroatoms. The zero-order valence-electron chi connectivity index (χ0n) is 19.9. The molecule has 1 aromatic carbocycles. The third-order valence-corrected chi connectivity index (χ3v) is 7.97. The van der Waals surface area contributed by atoms with Gasteiger partial charge in [-0.1, -0.05) is 31.3 Å². The van der Waals surface area contributed by atoms with Crippen LogP contribution in [-0.4, -0.2) is 66.9 Å². The molecule has 2 atom stereocenters. The quantitative estimate of drug-likeness (QED) is 0.527. The Morgan fingerprint density at radius 3 is 2.47 bits per heavy atom. The van der Waals surface area contributed by atoms with Crippen LogP contribution in [0, 0.1) is 18.8 Å². The number of amides is 2. The Morgan fingerprint density at radius 2 is 1.82 bits per heavy atom. The fraction of sp³-hybridized carbons (Fsp3) is 0.565. The number of hydrogen-bond donors (Lipinski definition) is 0. The maximum Gasteiger partial charge on any atom is 0.326 e. The largest absolute Gasteiger partial charge is 0.465 e. The van der Waals surface area contributed by atoms with Gasteiger partial charge in [0, 0.05) is 13.1 Å². The Hall–Kier alpha value is -2.53. The molecule has 34 heavy (non-hydrogen) atoms. The van der Waals surface area contributed by atoms with Crippen LogP contribution in [0.4, 0.5) is 0 Å². The van der Waals surface area contributed by atoms with Crippen molar-refractivity contribution in [1.29, 1.82) is 0 Å². The normalized spacial score (nSPS) is 19.4. The van der Waals surface area contributed by atoms with Crippen molar-refractivity contribution >= 4 is 49.2 Å². The van der Waals surface area contributed by atoms with Gasteiger partial charge < -0.3 is 14.2 Å². The average molecular weight is 510 g/mol. The van der Waals surface area contributed by atoms with Crippen molar-refractivity contribution < 1.29 is 27.5 Å². The molecule has 1 fully saturated rings. The molecule has 1 saturated heterocycles. The van der Waals surface area contributed by atoms with E-state index < -0.39 is 39.1 Å². The van der Waals surface area contributed by atoms with Crippen molar-refractivity contribution in [3.05, 3.63) is 28.6 Å². The lowest BCUT2D eigenvalue weighted by Crippen LogP contribution is -2.45. The fourth-order valence-electron chi connectivity index (χ4n) is 4.28. The molecular formula is C23H31N3O6S2. The van der Waals surface area contributed by atoms with Crippen LogP contribution in [0.1, 0.15) is 32.8 Å². The molecule has 1 aliphatic heterocycles. The van der Waals surface area contributed by atoms with Crippen LogP contribution in [-0.2, 0) is 35.5 Å². The monoisotopic (exact) mass is 509 g/mol. The number of sulfone groups is 1. The van der Waals surface area contributed by atoms with Gasteiger partial charge in [-0.25, -0.2) is 8.42 Å². The predicted molar refractivity (Wildman–Crippen MR) is 130 cm³/mol. The summed E-state index contributed by atoms with van der Waals surface area (Å²) in [5.41, 5.74) is 1.69. The topological polar surface area (TPSA) is 115 Å². The number of carbonyl (C=O) groups is 3. The molecule has 2 unspecified atom stereocenters. The van der Waals surface area contributed by atoms with Crippen LogP contribution < -0.4 is 4.80 Å². The molecule has 0 radical (unpaired) electrons. The number of thiazole rings is 1. The summed E-state index contributed by atoms with van der Waals surface area (Å²) in [6.07, 6.45) is 0.994. The van der Waals surface area contributed by atoms with E-state index in [4.69, 9.17) is 4.74 Å². The van der Waals surface area contributed by atoms with Crippen molar-refractivity contribution in [3.63, 3.8) is 0 Å². The molecule has 1 aliphatic rings. The van der Waals surface area contributed by atoms with Crippen LogP contribution in [0.3, 0.4) is 0 Å². The zero-order chi connectivity index (χ0) is 25.0. The Bertz CT molecular complexity index is 1250. The van der Waals surface area contributed by atoms with Gasteiger partial charge in [-0.3, -0.25) is 14.4 Å². The minimum Gasteiger partial charge on any atom is -0.465 e. The Kier molecular flexibility index (Phi) is 8.29. The SMILES string of the molecule is CCOC(=O)Cn1c(=NC(=O)CS(=O)(=O)CC(=O)N2CC(C)CC(C)C2)sc2cc(C)ccc21. The number of hydrogen-bond acceptors (Lipinski definition) is 7. The maximum atomic E-state index is 12.6. The van der Waals surface area contributed by atoms with Gasteiger partial charge in [0.05, 0.1) is 16.8 Å². The lowest BCUT2D eigenvalue weighted by atomic mass is 9.92. The number of fused-ring (bicyclic) bond motifs is 1. The molecule has 2 aromatic rings. The standard InChI is InChI=1S/C23H31N3O6S2/c1-5-32-22(29)12-26-18-7-6-15(2)9-19(18)33-23(26)24-20(27)13-34(30,31)14-21(28)25-10-16(3)8-17(4)11-25/h6-7,9,16-17H,5,8,10-14H2,1-4H3. The first-order chi connectivity index (χ1) is 16.0. The van der Waals surface area contributed by atoms with Gasteiger partial charge in [0.15, 0.2) is 14.6 Å². The smallest absolute Gasteiger partial charge is 0.326 e. The lowest BCUT2D eigenvalue weighted by Gasteiger charge is -2.34. The molecule has 186 valence electrons. The van der Waals surface area contributed by atoms with Crippen molar-refractivity contribution in [2.24, 2.45) is 16.8 Å². The number of ether oxygens (including phenoxy) is 1. The van der Waals surface area contributed by atoms with E-state index in [9.17, 15) is 22.8 Å². The van der Waals surface area contributed by atoms with E-state index in [-0.39, 0.29) is 18.0 Å². The predicted octanol–water partition coefficient (Wildman–Crippen LogP) is 1.92. The highest BCUT2D eigenvalue weighted by molar-refractivity contribution is 7.92. The van der Waals surface area contributed by atoms with Gasteiger partial charge in [-0.05, 0) is 49.8 Å². The maximum absolute atomic E-state index is 12.6. The zero-order valence-corrected chi connectivity index (χ0v) is 21.6. The average Bonchev–Trinajstić information content (AvgIpc) is 3.02. The Balaban J connectivity index is 1.81. The van der Waals surface area contributed by atoms with E-state index >= 15 is 0 Å². The summed E-state index contributed by atoms with van der Waals surface area (Å²) in [6.45, 7) is 8.79. The fourth-order valence-corrected chi connectivity index (χ4v) is 6.52. The molecule has 9 nitrogen and oxygen atoms in total. The minimum atomic E-state index is -4.00. The number of nitrogens with zero attached hydrogens (tertiary/aromatic N) is 3. The van der Waals surface area contributed by atoms with Crippen LogP contribution in [0.2, 0.25) is 0 Å². The summed E-state index contributed by atoms with van der Waals surface area (Å²) in [6, 6.07) is 5.60. The Labute approximate surface area is 203 Å². The van der Waals surface area contributed by atoms with E-state index in [0.717, 1.165) is 16.7 Å². The lowest BCUT2D eigenvalue weighted by molar-refractivity contribution is -0.143. The highest BCUT2D eigenvalue weighted by atomic mass is 32.2. The molecule has 2 heterocycles. The van der Waals surface area contributed by atoms with Crippen molar-refractivity contribution in [1.82, 2.24) is 9.47 Å². The van der Waals surface area contributed by atoms with Crippen LogP contribution in [0.15, 0.2) is 23.2 Å². The molecule has 1 aromatic heterocycles. The van der Waals surface area contributed by atoms with Gasteiger partial charge in [0.2, 0.25) is 5.91 Å². The first-order valence-electron chi connectivity index (χ1n) is 11.3. The Morgan fingerprint density at radius 1 is 1.15 bits per heavy atom. The number of carbonyl (C=O) groups excluding carboxylic acids is 3. The summed E-state index contributed by atoms with van der Waals surface area (Å²) in [5, 5.41) is 0. The number of benzene rings is 1.